The summed E-state index contributed by atoms with van der Waals surface area (Å²) in [4.78, 5) is 28.5. The lowest BCUT2D eigenvalue weighted by Gasteiger charge is -2.39. The molecule has 1 saturated heterocycles. The molecule has 3 unspecified atom stereocenters. The van der Waals surface area contributed by atoms with Crippen molar-refractivity contribution in [3.05, 3.63) is 27.9 Å². The smallest absolute Gasteiger partial charge is 0.256 e. The lowest BCUT2D eigenvalue weighted by molar-refractivity contribution is -0.158. The average molecular weight is 321 g/mol. The van der Waals surface area contributed by atoms with Crippen LogP contribution in [-0.4, -0.2) is 46.9 Å². The van der Waals surface area contributed by atoms with Gasteiger partial charge in [0.25, 0.3) is 5.56 Å². The van der Waals surface area contributed by atoms with E-state index in [1.165, 1.54) is 10.9 Å². The summed E-state index contributed by atoms with van der Waals surface area (Å²) in [6.45, 7) is 4.77. The maximum Gasteiger partial charge on any atom is 0.256 e. The molecule has 0 aromatic carbocycles. The molecule has 1 N–H and O–H groups in total. The molecule has 7 heteroatoms. The van der Waals surface area contributed by atoms with Crippen molar-refractivity contribution in [2.75, 3.05) is 13.2 Å². The highest BCUT2D eigenvalue weighted by molar-refractivity contribution is 5.76. The molecule has 3 rings (SSSR count). The lowest BCUT2D eigenvalue weighted by Crippen LogP contribution is -2.50. The van der Waals surface area contributed by atoms with Crippen LogP contribution in [0.15, 0.2) is 11.1 Å². The molecule has 1 amide bonds. The Bertz CT molecular complexity index is 643. The summed E-state index contributed by atoms with van der Waals surface area (Å²) in [5.41, 5.74) is 1.10. The van der Waals surface area contributed by atoms with Gasteiger partial charge in [0.2, 0.25) is 5.91 Å². The van der Waals surface area contributed by atoms with Crippen molar-refractivity contribution in [1.29, 1.82) is 0 Å². The van der Waals surface area contributed by atoms with Crippen LogP contribution in [0.1, 0.15) is 30.5 Å². The van der Waals surface area contributed by atoms with Gasteiger partial charge in [-0.2, -0.15) is 0 Å². The Kier molecular flexibility index (Phi) is 4.77. The van der Waals surface area contributed by atoms with E-state index in [1.54, 1.807) is 13.8 Å². The number of ether oxygens (including phenoxy) is 2. The Morgan fingerprint density at radius 1 is 1.30 bits per heavy atom. The van der Waals surface area contributed by atoms with E-state index in [-0.39, 0.29) is 36.3 Å². The molecule has 2 aliphatic rings. The van der Waals surface area contributed by atoms with Crippen molar-refractivity contribution in [3.63, 3.8) is 0 Å². The van der Waals surface area contributed by atoms with Crippen LogP contribution >= 0.6 is 0 Å². The van der Waals surface area contributed by atoms with Gasteiger partial charge < -0.3 is 14.8 Å². The normalized spacial score (nSPS) is 27.3. The molecule has 3 atom stereocenters. The second-order valence-electron chi connectivity index (χ2n) is 6.28. The number of hydrogen-bond acceptors (Lipinski definition) is 5. The van der Waals surface area contributed by atoms with Gasteiger partial charge in [-0.25, -0.2) is 4.98 Å². The fraction of sp³-hybridized carbons (Fsp3) is 0.688. The predicted molar refractivity (Wildman–Crippen MR) is 83.2 cm³/mol. The number of amides is 1. The highest BCUT2D eigenvalue weighted by Gasteiger charge is 2.34. The van der Waals surface area contributed by atoms with E-state index >= 15 is 0 Å². The van der Waals surface area contributed by atoms with Crippen LogP contribution in [0.3, 0.4) is 0 Å². The number of hydrogen-bond donors (Lipinski definition) is 1. The molecular weight excluding hydrogens is 298 g/mol. The van der Waals surface area contributed by atoms with E-state index in [0.717, 1.165) is 19.3 Å². The number of nitrogens with zero attached hydrogens (tertiary/aromatic N) is 2. The van der Waals surface area contributed by atoms with Gasteiger partial charge in [0.05, 0.1) is 31.7 Å². The largest absolute Gasteiger partial charge is 0.373 e. The molecule has 126 valence electrons. The molecule has 0 radical (unpaired) electrons. The molecule has 7 nitrogen and oxygen atoms in total. The Morgan fingerprint density at radius 3 is 2.83 bits per heavy atom. The van der Waals surface area contributed by atoms with Crippen molar-refractivity contribution < 1.29 is 14.3 Å². The topological polar surface area (TPSA) is 82.5 Å². The molecular formula is C16H23N3O4. The average Bonchev–Trinajstić information content (AvgIpc) is 2.55. The van der Waals surface area contributed by atoms with Crippen LogP contribution in [0.4, 0.5) is 0 Å². The third-order valence-corrected chi connectivity index (χ3v) is 4.67. The molecule has 1 saturated carbocycles. The van der Waals surface area contributed by atoms with Gasteiger partial charge in [-0.05, 0) is 33.1 Å². The van der Waals surface area contributed by atoms with E-state index in [1.807, 2.05) is 0 Å². The summed E-state index contributed by atoms with van der Waals surface area (Å²) >= 11 is 0. The van der Waals surface area contributed by atoms with Crippen molar-refractivity contribution >= 4 is 5.91 Å². The third-order valence-electron chi connectivity index (χ3n) is 4.67. The molecule has 0 bridgehead atoms. The van der Waals surface area contributed by atoms with Crippen molar-refractivity contribution in [3.8, 4) is 0 Å². The quantitative estimate of drug-likeness (QED) is 0.866. The Balaban J connectivity index is 1.57. The number of carbonyl (C=O) groups excluding carboxylic acids is 1. The maximum atomic E-state index is 12.2. The SMILES string of the molecule is Cc1ncn(CC(=O)NC2CCC3OCCOC3C2)c(=O)c1C. The minimum Gasteiger partial charge on any atom is -0.373 e. The summed E-state index contributed by atoms with van der Waals surface area (Å²) in [6.07, 6.45) is 4.17. The van der Waals surface area contributed by atoms with Gasteiger partial charge in [0.15, 0.2) is 0 Å². The van der Waals surface area contributed by atoms with Gasteiger partial charge in [-0.3, -0.25) is 14.2 Å². The molecule has 1 aromatic rings. The fourth-order valence-electron chi connectivity index (χ4n) is 3.21. The van der Waals surface area contributed by atoms with Crippen molar-refractivity contribution in [1.82, 2.24) is 14.9 Å². The monoisotopic (exact) mass is 321 g/mol. The Morgan fingerprint density at radius 2 is 2.04 bits per heavy atom. The highest BCUT2D eigenvalue weighted by Crippen LogP contribution is 2.26. The number of carbonyl (C=O) groups is 1. The lowest BCUT2D eigenvalue weighted by atomic mass is 9.89. The zero-order valence-electron chi connectivity index (χ0n) is 13.6. The fourth-order valence-corrected chi connectivity index (χ4v) is 3.21. The standard InChI is InChI=1S/C16H23N3O4/c1-10-11(2)17-9-19(16(10)21)8-15(20)18-12-3-4-13-14(7-12)23-6-5-22-13/h9,12-14H,3-8H2,1-2H3,(H,18,20). The zero-order chi connectivity index (χ0) is 16.4. The second kappa shape index (κ2) is 6.80. The van der Waals surface area contributed by atoms with Crippen LogP contribution in [-0.2, 0) is 20.8 Å². The molecule has 2 heterocycles. The molecule has 1 aliphatic carbocycles. The van der Waals surface area contributed by atoms with Gasteiger partial charge in [-0.1, -0.05) is 0 Å². The number of fused-ring (bicyclic) bond motifs is 1. The number of rotatable bonds is 3. The van der Waals surface area contributed by atoms with E-state index in [2.05, 4.69) is 10.3 Å². The molecule has 2 fully saturated rings. The van der Waals surface area contributed by atoms with Crippen LogP contribution in [0, 0.1) is 13.8 Å². The van der Waals surface area contributed by atoms with Gasteiger partial charge in [0.1, 0.15) is 6.54 Å². The maximum absolute atomic E-state index is 12.2. The van der Waals surface area contributed by atoms with Crippen LogP contribution in [0.25, 0.3) is 0 Å². The summed E-state index contributed by atoms with van der Waals surface area (Å²) in [5.74, 6) is -0.169. The zero-order valence-corrected chi connectivity index (χ0v) is 13.6. The summed E-state index contributed by atoms with van der Waals surface area (Å²) in [7, 11) is 0. The summed E-state index contributed by atoms with van der Waals surface area (Å²) in [5, 5.41) is 3.00. The molecule has 1 aliphatic heterocycles. The summed E-state index contributed by atoms with van der Waals surface area (Å²) < 4.78 is 12.7. The minimum atomic E-state index is -0.169. The first-order valence-corrected chi connectivity index (χ1v) is 8.10. The molecule has 1 aromatic heterocycles. The van der Waals surface area contributed by atoms with Crippen LogP contribution in [0.5, 0.6) is 0 Å². The third kappa shape index (κ3) is 3.61. The Hall–Kier alpha value is -1.73. The molecule has 0 spiro atoms. The number of aromatic nitrogens is 2. The first-order chi connectivity index (χ1) is 11.0. The van der Waals surface area contributed by atoms with Crippen LogP contribution in [0.2, 0.25) is 0 Å². The number of aryl methyl sites for hydroxylation is 1. The van der Waals surface area contributed by atoms with E-state index in [4.69, 9.17) is 9.47 Å². The van der Waals surface area contributed by atoms with E-state index < -0.39 is 0 Å². The van der Waals surface area contributed by atoms with Crippen molar-refractivity contribution in [2.24, 2.45) is 0 Å². The van der Waals surface area contributed by atoms with Crippen LogP contribution < -0.4 is 10.9 Å². The predicted octanol–water partition coefficient (Wildman–Crippen LogP) is 0.313. The Labute approximate surface area is 135 Å². The minimum absolute atomic E-state index is 0.00505. The first kappa shape index (κ1) is 16.1. The van der Waals surface area contributed by atoms with E-state index in [0.29, 0.717) is 24.5 Å². The van der Waals surface area contributed by atoms with Gasteiger partial charge in [0, 0.05) is 17.3 Å². The van der Waals surface area contributed by atoms with Crippen molar-refractivity contribution in [2.45, 2.75) is 57.9 Å². The highest BCUT2D eigenvalue weighted by atomic mass is 16.6. The first-order valence-electron chi connectivity index (χ1n) is 8.10. The van der Waals surface area contributed by atoms with Gasteiger partial charge >= 0.3 is 0 Å². The van der Waals surface area contributed by atoms with Gasteiger partial charge in [-0.15, -0.1) is 0 Å². The van der Waals surface area contributed by atoms with E-state index in [9.17, 15) is 9.59 Å². The number of nitrogens with one attached hydrogen (secondary N) is 1. The molecule has 23 heavy (non-hydrogen) atoms. The summed E-state index contributed by atoms with van der Waals surface area (Å²) in [6, 6.07) is 0.0701. The second-order valence-corrected chi connectivity index (χ2v) is 6.28.